The van der Waals surface area contributed by atoms with E-state index in [9.17, 15) is 4.79 Å². The number of pyridine rings is 1. The average molecular weight is 486 g/mol. The summed E-state index contributed by atoms with van der Waals surface area (Å²) in [6, 6.07) is 19.2. The van der Waals surface area contributed by atoms with Crippen LogP contribution in [0.3, 0.4) is 0 Å². The number of carbonyl (C=O) groups excluding carboxylic acids is 1. The maximum absolute atomic E-state index is 12.4. The van der Waals surface area contributed by atoms with Crippen molar-refractivity contribution >= 4 is 23.0 Å². The number of aryl methyl sites for hydroxylation is 1. The molecule has 0 spiro atoms. The van der Waals surface area contributed by atoms with Crippen LogP contribution in [0.25, 0.3) is 22.4 Å². The maximum atomic E-state index is 12.4. The molecule has 2 aromatic heterocycles. The van der Waals surface area contributed by atoms with Gasteiger partial charge in [-0.2, -0.15) is 0 Å². The van der Waals surface area contributed by atoms with Gasteiger partial charge in [0.1, 0.15) is 11.3 Å². The molecule has 2 amide bonds. The predicted molar refractivity (Wildman–Crippen MR) is 141 cm³/mol. The Hall–Kier alpha value is -4.20. The molecular weight excluding hydrogens is 454 g/mol. The van der Waals surface area contributed by atoms with Crippen molar-refractivity contribution in [3.63, 3.8) is 0 Å². The molecule has 1 atom stereocenters. The van der Waals surface area contributed by atoms with Gasteiger partial charge < -0.3 is 14.8 Å². The molecule has 8 nitrogen and oxygen atoms in total. The van der Waals surface area contributed by atoms with Crippen LogP contribution in [0.15, 0.2) is 66.9 Å². The van der Waals surface area contributed by atoms with Crippen molar-refractivity contribution in [2.75, 3.05) is 26.1 Å². The van der Waals surface area contributed by atoms with Gasteiger partial charge in [0.2, 0.25) is 0 Å². The fraction of sp³-hybridized carbons (Fsp3) is 0.286. The van der Waals surface area contributed by atoms with Gasteiger partial charge in [-0.15, -0.1) is 0 Å². The summed E-state index contributed by atoms with van der Waals surface area (Å²) >= 11 is 0. The molecule has 0 aliphatic heterocycles. The number of amides is 2. The second kappa shape index (κ2) is 12.0. The topological polar surface area (TPSA) is 98.3 Å². The zero-order valence-corrected chi connectivity index (χ0v) is 20.8. The zero-order chi connectivity index (χ0) is 25.3. The number of nitrogens with one attached hydrogen (secondary N) is 2. The molecule has 4 aromatic rings. The molecule has 0 saturated carbocycles. The van der Waals surface area contributed by atoms with E-state index in [1.54, 1.807) is 32.5 Å². The van der Waals surface area contributed by atoms with Crippen molar-refractivity contribution in [2.45, 2.75) is 26.2 Å². The van der Waals surface area contributed by atoms with Gasteiger partial charge in [0.15, 0.2) is 17.1 Å². The molecule has 1 unspecified atom stereocenters. The maximum Gasteiger partial charge on any atom is 0.320 e. The van der Waals surface area contributed by atoms with Gasteiger partial charge in [0, 0.05) is 12.1 Å². The number of urea groups is 1. The summed E-state index contributed by atoms with van der Waals surface area (Å²) in [7, 11) is 3.18. The molecule has 0 aliphatic carbocycles. The van der Waals surface area contributed by atoms with Crippen LogP contribution >= 0.6 is 0 Å². The molecule has 2 N–H and O–H groups in total. The molecule has 36 heavy (non-hydrogen) atoms. The van der Waals surface area contributed by atoms with Crippen molar-refractivity contribution < 1.29 is 14.3 Å². The Morgan fingerprint density at radius 1 is 0.972 bits per heavy atom. The lowest BCUT2D eigenvalue weighted by Gasteiger charge is -2.13. The lowest BCUT2D eigenvalue weighted by atomic mass is 10.0. The van der Waals surface area contributed by atoms with Crippen LogP contribution < -0.4 is 20.1 Å². The fourth-order valence-corrected chi connectivity index (χ4v) is 3.93. The fourth-order valence-electron chi connectivity index (χ4n) is 3.93. The first kappa shape index (κ1) is 24.9. The third kappa shape index (κ3) is 6.47. The monoisotopic (exact) mass is 485 g/mol. The van der Waals surface area contributed by atoms with Crippen LogP contribution in [0.1, 0.15) is 25.3 Å². The van der Waals surface area contributed by atoms with Crippen LogP contribution in [-0.2, 0) is 6.42 Å². The molecule has 0 aliphatic rings. The summed E-state index contributed by atoms with van der Waals surface area (Å²) in [5.41, 5.74) is 3.88. The number of ether oxygens (including phenoxy) is 2. The zero-order valence-electron chi connectivity index (χ0n) is 20.8. The summed E-state index contributed by atoms with van der Waals surface area (Å²) in [5, 5.41) is 5.73. The summed E-state index contributed by atoms with van der Waals surface area (Å²) in [6.45, 7) is 2.74. The Kier molecular flexibility index (Phi) is 8.28. The van der Waals surface area contributed by atoms with Crippen LogP contribution in [0, 0.1) is 5.92 Å². The number of carbonyl (C=O) groups is 1. The molecule has 2 aromatic carbocycles. The van der Waals surface area contributed by atoms with Crippen LogP contribution in [0.4, 0.5) is 10.6 Å². The SMILES string of the molecule is COc1ccc(-c2cnc3ccc(NC(=O)NCC(C)CCCc4ccccc4)nc3n2)cc1OC. The van der Waals surface area contributed by atoms with Gasteiger partial charge in [-0.3, -0.25) is 10.3 Å². The number of anilines is 1. The first-order valence-electron chi connectivity index (χ1n) is 12.0. The number of rotatable bonds is 10. The second-order valence-corrected chi connectivity index (χ2v) is 8.68. The van der Waals surface area contributed by atoms with Crippen molar-refractivity contribution in [2.24, 2.45) is 5.92 Å². The second-order valence-electron chi connectivity index (χ2n) is 8.68. The minimum absolute atomic E-state index is 0.291. The van der Waals surface area contributed by atoms with E-state index in [0.29, 0.717) is 46.6 Å². The van der Waals surface area contributed by atoms with Gasteiger partial charge in [0.05, 0.1) is 26.1 Å². The predicted octanol–water partition coefficient (Wildman–Crippen LogP) is 5.49. The van der Waals surface area contributed by atoms with E-state index in [2.05, 4.69) is 56.8 Å². The number of aromatic nitrogens is 3. The average Bonchev–Trinajstić information content (AvgIpc) is 2.91. The molecule has 0 fully saturated rings. The number of nitrogens with zero attached hydrogens (tertiary/aromatic N) is 3. The van der Waals surface area contributed by atoms with Crippen molar-refractivity contribution in [3.05, 3.63) is 72.4 Å². The van der Waals surface area contributed by atoms with E-state index in [0.717, 1.165) is 24.8 Å². The van der Waals surface area contributed by atoms with Crippen molar-refractivity contribution in [3.8, 4) is 22.8 Å². The molecular formula is C28H31N5O3. The molecule has 0 saturated heterocycles. The van der Waals surface area contributed by atoms with Crippen LogP contribution in [-0.4, -0.2) is 41.7 Å². The highest BCUT2D eigenvalue weighted by Crippen LogP contribution is 2.31. The minimum Gasteiger partial charge on any atom is -0.493 e. The first-order valence-corrected chi connectivity index (χ1v) is 12.0. The number of benzene rings is 2. The highest BCUT2D eigenvalue weighted by molar-refractivity contribution is 5.89. The standard InChI is InChI=1S/C28H31N5O3/c1-19(8-7-11-20-9-5-4-6-10-20)17-30-28(34)33-26-15-13-22-27(32-26)31-23(18-29-22)21-12-14-24(35-2)25(16-21)36-3/h4-6,9-10,12-16,18-19H,7-8,11,17H2,1-3H3,(H2,30,31,32,33,34). The quantitative estimate of drug-likeness (QED) is 0.308. The Bertz CT molecular complexity index is 1310. The smallest absolute Gasteiger partial charge is 0.320 e. The third-order valence-electron chi connectivity index (χ3n) is 5.94. The van der Waals surface area contributed by atoms with E-state index < -0.39 is 0 Å². The lowest BCUT2D eigenvalue weighted by Crippen LogP contribution is -2.32. The van der Waals surface area contributed by atoms with E-state index in [1.807, 2.05) is 24.3 Å². The Labute approximate surface area is 211 Å². The number of fused-ring (bicyclic) bond motifs is 1. The Morgan fingerprint density at radius 2 is 1.78 bits per heavy atom. The van der Waals surface area contributed by atoms with E-state index in [4.69, 9.17) is 9.47 Å². The number of methoxy groups -OCH3 is 2. The van der Waals surface area contributed by atoms with Crippen molar-refractivity contribution in [1.82, 2.24) is 20.3 Å². The van der Waals surface area contributed by atoms with E-state index in [1.165, 1.54) is 5.56 Å². The van der Waals surface area contributed by atoms with E-state index in [-0.39, 0.29) is 6.03 Å². The van der Waals surface area contributed by atoms with Crippen LogP contribution in [0.5, 0.6) is 11.5 Å². The number of hydrogen-bond donors (Lipinski definition) is 2. The first-order chi connectivity index (χ1) is 17.6. The van der Waals surface area contributed by atoms with Crippen LogP contribution in [0.2, 0.25) is 0 Å². The lowest BCUT2D eigenvalue weighted by molar-refractivity contribution is 0.250. The minimum atomic E-state index is -0.291. The normalized spacial score (nSPS) is 11.6. The summed E-state index contributed by atoms with van der Waals surface area (Å²) in [5.74, 6) is 2.02. The molecule has 186 valence electrons. The van der Waals surface area contributed by atoms with Gasteiger partial charge >= 0.3 is 6.03 Å². The molecule has 0 bridgehead atoms. The third-order valence-corrected chi connectivity index (χ3v) is 5.94. The van der Waals surface area contributed by atoms with Crippen molar-refractivity contribution in [1.29, 1.82) is 0 Å². The highest BCUT2D eigenvalue weighted by atomic mass is 16.5. The Balaban J connectivity index is 1.34. The van der Waals surface area contributed by atoms with Gasteiger partial charge in [-0.05, 0) is 61.1 Å². The molecule has 8 heteroatoms. The summed E-state index contributed by atoms with van der Waals surface area (Å²) in [6.07, 6.45) is 4.86. The highest BCUT2D eigenvalue weighted by Gasteiger charge is 2.11. The molecule has 0 radical (unpaired) electrons. The summed E-state index contributed by atoms with van der Waals surface area (Å²) < 4.78 is 10.7. The van der Waals surface area contributed by atoms with E-state index >= 15 is 0 Å². The van der Waals surface area contributed by atoms with Gasteiger partial charge in [-0.1, -0.05) is 37.3 Å². The van der Waals surface area contributed by atoms with Gasteiger partial charge in [-0.25, -0.2) is 14.8 Å². The summed E-state index contributed by atoms with van der Waals surface area (Å²) in [4.78, 5) is 26.0. The largest absolute Gasteiger partial charge is 0.493 e. The van der Waals surface area contributed by atoms with Gasteiger partial charge in [0.25, 0.3) is 0 Å². The Morgan fingerprint density at radius 3 is 2.56 bits per heavy atom. The molecule has 2 heterocycles. The number of hydrogen-bond acceptors (Lipinski definition) is 6. The molecule has 4 rings (SSSR count).